The summed E-state index contributed by atoms with van der Waals surface area (Å²) in [7, 11) is 0. The zero-order valence-electron chi connectivity index (χ0n) is 16.0. The predicted molar refractivity (Wildman–Crippen MR) is 110 cm³/mol. The number of aromatic nitrogens is 1. The second-order valence-electron chi connectivity index (χ2n) is 8.28. The van der Waals surface area contributed by atoms with Gasteiger partial charge in [0.15, 0.2) is 0 Å². The molecule has 0 radical (unpaired) electrons. The molecular weight excluding hydrogens is 348 g/mol. The van der Waals surface area contributed by atoms with E-state index in [4.69, 9.17) is 0 Å². The number of amides is 1. The van der Waals surface area contributed by atoms with Crippen LogP contribution in [0.25, 0.3) is 10.9 Å². The molecule has 1 amide bonds. The Morgan fingerprint density at radius 3 is 2.75 bits per heavy atom. The summed E-state index contributed by atoms with van der Waals surface area (Å²) in [4.78, 5) is 18.6. The molecule has 2 fully saturated rings. The number of benzene rings is 2. The third-order valence-corrected chi connectivity index (χ3v) is 6.81. The maximum Gasteiger partial charge on any atom is 0.254 e. The number of aliphatic hydroxyl groups is 1. The first-order valence-corrected chi connectivity index (χ1v) is 10.3. The fourth-order valence-corrected chi connectivity index (χ4v) is 5.37. The van der Waals surface area contributed by atoms with E-state index in [2.05, 4.69) is 4.98 Å². The molecule has 2 heterocycles. The third-order valence-electron chi connectivity index (χ3n) is 6.81. The zero-order chi connectivity index (χ0) is 19.1. The van der Waals surface area contributed by atoms with Gasteiger partial charge in [0.2, 0.25) is 0 Å². The molecule has 2 N–H and O–H groups in total. The van der Waals surface area contributed by atoms with Gasteiger partial charge in [-0.05, 0) is 49.1 Å². The van der Waals surface area contributed by atoms with Crippen LogP contribution in [0.15, 0.2) is 60.8 Å². The monoisotopic (exact) mass is 374 g/mol. The fourth-order valence-electron chi connectivity index (χ4n) is 5.37. The van der Waals surface area contributed by atoms with Crippen molar-refractivity contribution in [1.82, 2.24) is 9.88 Å². The summed E-state index contributed by atoms with van der Waals surface area (Å²) in [5.41, 5.74) is 1.94. The Morgan fingerprint density at radius 2 is 1.89 bits per heavy atom. The Bertz CT molecular complexity index is 996. The third kappa shape index (κ3) is 2.75. The highest BCUT2D eigenvalue weighted by Gasteiger charge is 2.50. The van der Waals surface area contributed by atoms with Crippen molar-refractivity contribution in [1.29, 1.82) is 0 Å². The smallest absolute Gasteiger partial charge is 0.254 e. The molecule has 4 nitrogen and oxygen atoms in total. The Balaban J connectivity index is 1.47. The van der Waals surface area contributed by atoms with Gasteiger partial charge in [0.25, 0.3) is 5.91 Å². The summed E-state index contributed by atoms with van der Waals surface area (Å²) >= 11 is 0. The first-order valence-electron chi connectivity index (χ1n) is 10.3. The molecule has 28 heavy (non-hydrogen) atoms. The number of piperidine rings is 1. The van der Waals surface area contributed by atoms with Gasteiger partial charge in [0, 0.05) is 41.2 Å². The minimum absolute atomic E-state index is 0.0927. The average Bonchev–Trinajstić information content (AvgIpc) is 3.22. The van der Waals surface area contributed by atoms with Gasteiger partial charge in [0.05, 0.1) is 5.60 Å². The highest BCUT2D eigenvalue weighted by molar-refractivity contribution is 5.98. The number of nitrogens with one attached hydrogen (secondary N) is 1. The van der Waals surface area contributed by atoms with E-state index in [1.165, 1.54) is 0 Å². The van der Waals surface area contributed by atoms with Gasteiger partial charge in [-0.15, -0.1) is 0 Å². The molecule has 1 aliphatic heterocycles. The molecule has 0 unspecified atom stereocenters. The Morgan fingerprint density at radius 1 is 1.07 bits per heavy atom. The molecule has 5 rings (SSSR count). The lowest BCUT2D eigenvalue weighted by atomic mass is 9.66. The maximum absolute atomic E-state index is 13.4. The molecule has 0 bridgehead atoms. The number of fused-ring (bicyclic) bond motifs is 2. The summed E-state index contributed by atoms with van der Waals surface area (Å²) < 4.78 is 0. The van der Waals surface area contributed by atoms with E-state index in [-0.39, 0.29) is 17.9 Å². The van der Waals surface area contributed by atoms with Crippen molar-refractivity contribution < 1.29 is 9.90 Å². The summed E-state index contributed by atoms with van der Waals surface area (Å²) in [5.74, 6) is 0.187. The van der Waals surface area contributed by atoms with Crippen molar-refractivity contribution in [3.63, 3.8) is 0 Å². The number of carbonyl (C=O) groups excluding carboxylic acids is 1. The van der Waals surface area contributed by atoms with E-state index in [1.54, 1.807) is 0 Å². The normalized spacial score (nSPS) is 27.5. The SMILES string of the molecule is O=C(c1ccc2[nH]ccc2c1)N1CC[C@@](O)(c2ccccc2)[C@@H]2CCCC[C@@H]21. The quantitative estimate of drug-likeness (QED) is 0.696. The number of H-pyrrole nitrogens is 1. The van der Waals surface area contributed by atoms with Gasteiger partial charge in [-0.1, -0.05) is 43.2 Å². The maximum atomic E-state index is 13.4. The summed E-state index contributed by atoms with van der Waals surface area (Å²) in [6.45, 7) is 0.594. The van der Waals surface area contributed by atoms with Crippen LogP contribution in [-0.4, -0.2) is 33.5 Å². The second-order valence-corrected chi connectivity index (χ2v) is 8.28. The minimum atomic E-state index is -0.840. The van der Waals surface area contributed by atoms with Gasteiger partial charge in [-0.3, -0.25) is 4.79 Å². The molecule has 1 saturated carbocycles. The molecule has 1 saturated heterocycles. The zero-order valence-corrected chi connectivity index (χ0v) is 16.0. The number of hydrogen-bond donors (Lipinski definition) is 2. The Labute approximate surface area is 165 Å². The van der Waals surface area contributed by atoms with E-state index in [1.807, 2.05) is 65.7 Å². The topological polar surface area (TPSA) is 56.3 Å². The Hall–Kier alpha value is -2.59. The first kappa shape index (κ1) is 17.5. The molecule has 1 aromatic heterocycles. The number of likely N-dealkylation sites (tertiary alicyclic amines) is 1. The molecule has 2 aromatic carbocycles. The molecule has 2 aliphatic rings. The molecule has 0 spiro atoms. The van der Waals surface area contributed by atoms with Crippen molar-refractivity contribution >= 4 is 16.8 Å². The highest BCUT2D eigenvalue weighted by atomic mass is 16.3. The van der Waals surface area contributed by atoms with Gasteiger partial charge >= 0.3 is 0 Å². The molecule has 4 heteroatoms. The molecule has 3 atom stereocenters. The predicted octanol–water partition coefficient (Wildman–Crippen LogP) is 4.46. The van der Waals surface area contributed by atoms with Gasteiger partial charge in [-0.25, -0.2) is 0 Å². The van der Waals surface area contributed by atoms with E-state index in [0.29, 0.717) is 13.0 Å². The van der Waals surface area contributed by atoms with E-state index < -0.39 is 5.60 Å². The molecular formula is C24H26N2O2. The van der Waals surface area contributed by atoms with Crippen LogP contribution in [0.3, 0.4) is 0 Å². The van der Waals surface area contributed by atoms with Crippen molar-refractivity contribution in [3.8, 4) is 0 Å². The van der Waals surface area contributed by atoms with Crippen LogP contribution < -0.4 is 0 Å². The van der Waals surface area contributed by atoms with Crippen LogP contribution in [0.1, 0.15) is 48.0 Å². The van der Waals surface area contributed by atoms with Crippen LogP contribution >= 0.6 is 0 Å². The van der Waals surface area contributed by atoms with Crippen molar-refractivity contribution in [2.75, 3.05) is 6.54 Å². The van der Waals surface area contributed by atoms with Crippen molar-refractivity contribution in [2.45, 2.75) is 43.7 Å². The lowest BCUT2D eigenvalue weighted by molar-refractivity contribution is -0.110. The van der Waals surface area contributed by atoms with Crippen LogP contribution in [0, 0.1) is 5.92 Å². The lowest BCUT2D eigenvalue weighted by Gasteiger charge is -2.52. The van der Waals surface area contributed by atoms with Crippen molar-refractivity contribution in [3.05, 3.63) is 71.9 Å². The van der Waals surface area contributed by atoms with Gasteiger partial charge < -0.3 is 15.0 Å². The van der Waals surface area contributed by atoms with Crippen LogP contribution in [-0.2, 0) is 5.60 Å². The lowest BCUT2D eigenvalue weighted by Crippen LogP contribution is -2.58. The Kier molecular flexibility index (Phi) is 4.24. The van der Waals surface area contributed by atoms with Crippen LogP contribution in [0.5, 0.6) is 0 Å². The van der Waals surface area contributed by atoms with Gasteiger partial charge in [0.1, 0.15) is 0 Å². The number of rotatable bonds is 2. The van der Waals surface area contributed by atoms with Crippen LogP contribution in [0.2, 0.25) is 0 Å². The van der Waals surface area contributed by atoms with E-state index in [9.17, 15) is 9.90 Å². The molecule has 1 aliphatic carbocycles. The number of hydrogen-bond acceptors (Lipinski definition) is 2. The average molecular weight is 374 g/mol. The number of nitrogens with zero attached hydrogens (tertiary/aromatic N) is 1. The molecule has 3 aromatic rings. The fraction of sp³-hybridized carbons (Fsp3) is 0.375. The second kappa shape index (κ2) is 6.78. The highest BCUT2D eigenvalue weighted by Crippen LogP contribution is 2.47. The van der Waals surface area contributed by atoms with Crippen LogP contribution in [0.4, 0.5) is 0 Å². The summed E-state index contributed by atoms with van der Waals surface area (Å²) in [6, 6.07) is 18.0. The summed E-state index contributed by atoms with van der Waals surface area (Å²) in [5, 5.41) is 12.7. The molecule has 144 valence electrons. The van der Waals surface area contributed by atoms with Gasteiger partial charge in [-0.2, -0.15) is 0 Å². The number of carbonyl (C=O) groups is 1. The van der Waals surface area contributed by atoms with Crippen molar-refractivity contribution in [2.24, 2.45) is 5.92 Å². The van der Waals surface area contributed by atoms with E-state index in [0.717, 1.165) is 47.7 Å². The standard InChI is InChI=1S/C24H26N2O2/c27-23(18-10-11-21-17(16-18)12-14-25-21)26-15-13-24(28,19-6-2-1-3-7-19)20-8-4-5-9-22(20)26/h1-3,6-7,10-12,14,16,20,22,25,28H,4-5,8-9,13,15H2/t20-,22+,24-/m1/s1. The largest absolute Gasteiger partial charge is 0.385 e. The first-order chi connectivity index (χ1) is 13.7. The summed E-state index contributed by atoms with van der Waals surface area (Å²) in [6.07, 6.45) is 6.67. The van der Waals surface area contributed by atoms with E-state index >= 15 is 0 Å². The minimum Gasteiger partial charge on any atom is -0.385 e. The number of aromatic amines is 1.